The lowest BCUT2D eigenvalue weighted by atomic mass is 10.1. The van der Waals surface area contributed by atoms with Gasteiger partial charge in [0.05, 0.1) is 0 Å². The number of aliphatic hydroxyl groups excluding tert-OH is 1. The predicted octanol–water partition coefficient (Wildman–Crippen LogP) is 4.24. The van der Waals surface area contributed by atoms with Crippen molar-refractivity contribution in [2.75, 3.05) is 38.1 Å². The van der Waals surface area contributed by atoms with Gasteiger partial charge in [0.1, 0.15) is 6.10 Å². The first-order valence-electron chi connectivity index (χ1n) is 10.1. The van der Waals surface area contributed by atoms with Gasteiger partial charge < -0.3 is 20.6 Å². The van der Waals surface area contributed by atoms with E-state index < -0.39 is 6.10 Å². The van der Waals surface area contributed by atoms with Crippen molar-refractivity contribution in [2.45, 2.75) is 12.5 Å². The number of anilines is 1. The monoisotopic (exact) mass is 536 g/mol. The van der Waals surface area contributed by atoms with E-state index in [0.717, 1.165) is 30.5 Å². The molecule has 3 aromatic rings. The minimum atomic E-state index is -0.550. The summed E-state index contributed by atoms with van der Waals surface area (Å²) in [5.41, 5.74) is 1.30. The van der Waals surface area contributed by atoms with Gasteiger partial charge in [-0.1, -0.05) is 36.4 Å². The number of hydrogen-bond donors (Lipinski definition) is 3. The summed E-state index contributed by atoms with van der Waals surface area (Å²) in [5.74, 6) is 1.32. The van der Waals surface area contributed by atoms with Gasteiger partial charge in [0.2, 0.25) is 0 Å². The number of benzene rings is 2. The highest BCUT2D eigenvalue weighted by Gasteiger charge is 2.22. The molecule has 2 aromatic carbocycles. The molecule has 1 aliphatic rings. The zero-order chi connectivity index (χ0) is 20.1. The van der Waals surface area contributed by atoms with Gasteiger partial charge in [-0.3, -0.25) is 4.99 Å². The maximum absolute atomic E-state index is 10.6. The largest absolute Gasteiger partial charge is 0.386 e. The third kappa shape index (κ3) is 5.65. The van der Waals surface area contributed by atoms with Crippen LogP contribution in [0.3, 0.4) is 0 Å². The van der Waals surface area contributed by atoms with E-state index in [0.29, 0.717) is 12.5 Å². The second-order valence-corrected chi connectivity index (χ2v) is 8.59. The molecule has 0 bridgehead atoms. The third-order valence-electron chi connectivity index (χ3n) is 5.42. The fourth-order valence-electron chi connectivity index (χ4n) is 3.79. The van der Waals surface area contributed by atoms with Crippen molar-refractivity contribution in [1.82, 2.24) is 10.6 Å². The molecule has 0 spiro atoms. The first-order chi connectivity index (χ1) is 14.2. The van der Waals surface area contributed by atoms with Crippen LogP contribution in [0.4, 0.5) is 5.69 Å². The fourth-order valence-corrected chi connectivity index (χ4v) is 4.85. The van der Waals surface area contributed by atoms with Crippen molar-refractivity contribution in [3.05, 3.63) is 65.5 Å². The van der Waals surface area contributed by atoms with Gasteiger partial charge >= 0.3 is 0 Å². The SMILES string of the molecule is CN=C(NCC1CCN(c2ccccc2)C1)NCC(O)c1cc2ccccc2s1.I. The highest BCUT2D eigenvalue weighted by Crippen LogP contribution is 2.29. The molecule has 0 radical (unpaired) electrons. The number of nitrogens with zero attached hydrogens (tertiary/aromatic N) is 2. The number of para-hydroxylation sites is 1. The van der Waals surface area contributed by atoms with Crippen LogP contribution < -0.4 is 15.5 Å². The quantitative estimate of drug-likeness (QED) is 0.251. The van der Waals surface area contributed by atoms with E-state index in [9.17, 15) is 5.11 Å². The van der Waals surface area contributed by atoms with Gasteiger partial charge in [-0.2, -0.15) is 0 Å². The van der Waals surface area contributed by atoms with Crippen LogP contribution in [0.5, 0.6) is 0 Å². The Morgan fingerprint density at radius 2 is 1.93 bits per heavy atom. The Labute approximate surface area is 199 Å². The second-order valence-electron chi connectivity index (χ2n) is 7.47. The summed E-state index contributed by atoms with van der Waals surface area (Å²) in [5, 5.41) is 18.4. The Balaban J connectivity index is 0.00000256. The highest BCUT2D eigenvalue weighted by atomic mass is 127. The standard InChI is InChI=1S/C23H28N4OS.HI/c1-24-23(25-14-17-11-12-27(16-17)19-8-3-2-4-9-19)26-15-20(28)22-13-18-7-5-6-10-21(18)29-22;/h2-10,13,17,20,28H,11-12,14-16H2,1H3,(H2,24,25,26);1H. The van der Waals surface area contributed by atoms with Crippen LogP contribution in [0.15, 0.2) is 65.7 Å². The molecule has 0 amide bonds. The van der Waals surface area contributed by atoms with E-state index in [4.69, 9.17) is 0 Å². The van der Waals surface area contributed by atoms with Crippen LogP contribution in [0.2, 0.25) is 0 Å². The van der Waals surface area contributed by atoms with Crippen LogP contribution in [0.25, 0.3) is 10.1 Å². The Morgan fingerprint density at radius 3 is 2.70 bits per heavy atom. The maximum Gasteiger partial charge on any atom is 0.191 e. The lowest BCUT2D eigenvalue weighted by Crippen LogP contribution is -2.41. The molecule has 1 aliphatic heterocycles. The van der Waals surface area contributed by atoms with Crippen LogP contribution in [0.1, 0.15) is 17.4 Å². The Bertz CT molecular complexity index is 929. The minimum absolute atomic E-state index is 0. The third-order valence-corrected chi connectivity index (χ3v) is 6.64. The van der Waals surface area contributed by atoms with Crippen molar-refractivity contribution >= 4 is 57.0 Å². The zero-order valence-corrected chi connectivity index (χ0v) is 20.3. The van der Waals surface area contributed by atoms with E-state index >= 15 is 0 Å². The van der Waals surface area contributed by atoms with Crippen LogP contribution in [0, 0.1) is 5.92 Å². The molecule has 30 heavy (non-hydrogen) atoms. The molecule has 0 aliphatic carbocycles. The number of thiophene rings is 1. The van der Waals surface area contributed by atoms with Crippen LogP contribution in [-0.2, 0) is 0 Å². The summed E-state index contributed by atoms with van der Waals surface area (Å²) in [7, 11) is 1.77. The number of fused-ring (bicyclic) bond motifs is 1. The molecular formula is C23H29IN4OS. The molecule has 1 saturated heterocycles. The summed E-state index contributed by atoms with van der Waals surface area (Å²) in [6.45, 7) is 3.46. The van der Waals surface area contributed by atoms with E-state index in [1.165, 1.54) is 22.2 Å². The van der Waals surface area contributed by atoms with Gasteiger partial charge in [-0.15, -0.1) is 35.3 Å². The molecule has 7 heteroatoms. The van der Waals surface area contributed by atoms with Crippen molar-refractivity contribution < 1.29 is 5.11 Å². The predicted molar refractivity (Wildman–Crippen MR) is 138 cm³/mol. The lowest BCUT2D eigenvalue weighted by molar-refractivity contribution is 0.184. The Kier molecular flexibility index (Phi) is 8.35. The summed E-state index contributed by atoms with van der Waals surface area (Å²) < 4.78 is 1.20. The number of rotatable bonds is 6. The van der Waals surface area contributed by atoms with Gasteiger partial charge in [0.25, 0.3) is 0 Å². The summed E-state index contributed by atoms with van der Waals surface area (Å²) in [6.07, 6.45) is 0.620. The number of guanidine groups is 1. The molecule has 1 aromatic heterocycles. The molecule has 2 atom stereocenters. The molecule has 2 heterocycles. The molecule has 3 N–H and O–H groups in total. The minimum Gasteiger partial charge on any atom is -0.386 e. The first kappa shape index (κ1) is 22.8. The average Bonchev–Trinajstić information content (AvgIpc) is 3.41. The molecule has 1 fully saturated rings. The normalized spacial score (nSPS) is 17.6. The summed E-state index contributed by atoms with van der Waals surface area (Å²) in [6, 6.07) is 20.9. The van der Waals surface area contributed by atoms with Crippen molar-refractivity contribution in [3.8, 4) is 0 Å². The summed E-state index contributed by atoms with van der Waals surface area (Å²) in [4.78, 5) is 7.72. The summed E-state index contributed by atoms with van der Waals surface area (Å²) >= 11 is 1.64. The van der Waals surface area contributed by atoms with Crippen molar-refractivity contribution in [2.24, 2.45) is 10.9 Å². The Morgan fingerprint density at radius 1 is 1.17 bits per heavy atom. The number of aliphatic imine (C=N–C) groups is 1. The van der Waals surface area contributed by atoms with Crippen molar-refractivity contribution in [3.63, 3.8) is 0 Å². The molecule has 4 rings (SSSR count). The molecular weight excluding hydrogens is 507 g/mol. The maximum atomic E-state index is 10.6. The van der Waals surface area contributed by atoms with E-state index in [2.05, 4.69) is 69.1 Å². The number of hydrogen-bond acceptors (Lipinski definition) is 4. The lowest BCUT2D eigenvalue weighted by Gasteiger charge is -2.19. The Hall–Kier alpha value is -1.84. The fraction of sp³-hybridized carbons (Fsp3) is 0.348. The average molecular weight is 536 g/mol. The second kappa shape index (κ2) is 11.0. The van der Waals surface area contributed by atoms with E-state index in [1.807, 2.05) is 12.1 Å². The van der Waals surface area contributed by atoms with Gasteiger partial charge in [0, 0.05) is 48.5 Å². The van der Waals surface area contributed by atoms with Gasteiger partial charge in [-0.05, 0) is 42.0 Å². The molecule has 5 nitrogen and oxygen atoms in total. The van der Waals surface area contributed by atoms with Crippen LogP contribution >= 0.6 is 35.3 Å². The molecule has 0 saturated carbocycles. The van der Waals surface area contributed by atoms with Gasteiger partial charge in [-0.25, -0.2) is 0 Å². The smallest absolute Gasteiger partial charge is 0.191 e. The van der Waals surface area contributed by atoms with Crippen molar-refractivity contribution in [1.29, 1.82) is 0 Å². The molecule has 160 valence electrons. The van der Waals surface area contributed by atoms with E-state index in [1.54, 1.807) is 18.4 Å². The number of aliphatic hydroxyl groups is 1. The molecule has 2 unspecified atom stereocenters. The zero-order valence-electron chi connectivity index (χ0n) is 17.1. The van der Waals surface area contributed by atoms with Crippen LogP contribution in [-0.4, -0.2) is 44.3 Å². The highest BCUT2D eigenvalue weighted by molar-refractivity contribution is 14.0. The topological polar surface area (TPSA) is 59.9 Å². The number of halogens is 1. The first-order valence-corrected chi connectivity index (χ1v) is 11.0. The number of nitrogens with one attached hydrogen (secondary N) is 2. The van der Waals surface area contributed by atoms with Gasteiger partial charge in [0.15, 0.2) is 5.96 Å². The van der Waals surface area contributed by atoms with E-state index in [-0.39, 0.29) is 24.0 Å².